The van der Waals surface area contributed by atoms with Crippen LogP contribution in [0, 0.1) is 0 Å². The molecule has 3 aromatic rings. The lowest BCUT2D eigenvalue weighted by atomic mass is 10.1. The Balaban J connectivity index is 1.41. The second kappa shape index (κ2) is 6.44. The summed E-state index contributed by atoms with van der Waals surface area (Å²) < 4.78 is 29.0. The van der Waals surface area contributed by atoms with E-state index in [1.165, 1.54) is 16.0 Å². The van der Waals surface area contributed by atoms with Gasteiger partial charge in [0.25, 0.3) is 0 Å². The van der Waals surface area contributed by atoms with E-state index in [1.54, 1.807) is 28.8 Å². The summed E-state index contributed by atoms with van der Waals surface area (Å²) in [4.78, 5) is 6.93. The van der Waals surface area contributed by atoms with Crippen LogP contribution in [0.4, 0.5) is 5.13 Å². The van der Waals surface area contributed by atoms with Crippen molar-refractivity contribution in [3.63, 3.8) is 0 Å². The molecule has 0 aliphatic carbocycles. The van der Waals surface area contributed by atoms with E-state index >= 15 is 0 Å². The molecule has 0 spiro atoms. The molecule has 0 bridgehead atoms. The fourth-order valence-corrected chi connectivity index (χ4v) is 6.21. The second-order valence-corrected chi connectivity index (χ2v) is 9.68. The molecular weight excluding hydrogens is 362 g/mol. The highest BCUT2D eigenvalue weighted by molar-refractivity contribution is 7.91. The van der Waals surface area contributed by atoms with Crippen LogP contribution in [0.1, 0.15) is 12.8 Å². The summed E-state index contributed by atoms with van der Waals surface area (Å²) in [6.07, 6.45) is 1.58. The first kappa shape index (κ1) is 16.0. The van der Waals surface area contributed by atoms with E-state index in [-0.39, 0.29) is 6.04 Å². The van der Waals surface area contributed by atoms with Crippen molar-refractivity contribution in [2.75, 3.05) is 18.0 Å². The van der Waals surface area contributed by atoms with Gasteiger partial charge in [-0.3, -0.25) is 0 Å². The Hall–Kier alpha value is -1.48. The van der Waals surface area contributed by atoms with Gasteiger partial charge in [0.1, 0.15) is 4.21 Å². The number of hydrogen-bond acceptors (Lipinski definition) is 6. The number of nitrogens with one attached hydrogen (secondary N) is 1. The molecule has 3 heterocycles. The van der Waals surface area contributed by atoms with Gasteiger partial charge in [0, 0.05) is 19.1 Å². The van der Waals surface area contributed by atoms with Gasteiger partial charge in [-0.05, 0) is 36.4 Å². The zero-order chi connectivity index (χ0) is 16.6. The van der Waals surface area contributed by atoms with Gasteiger partial charge in [0.05, 0.1) is 10.2 Å². The Kier molecular flexibility index (Phi) is 4.29. The summed E-state index contributed by atoms with van der Waals surface area (Å²) in [6, 6.07) is 11.5. The molecule has 5 nitrogen and oxygen atoms in total. The summed E-state index contributed by atoms with van der Waals surface area (Å²) in [5.74, 6) is 0. The molecule has 0 atom stereocenters. The van der Waals surface area contributed by atoms with Gasteiger partial charge in [-0.25, -0.2) is 18.1 Å². The van der Waals surface area contributed by atoms with Gasteiger partial charge in [0.15, 0.2) is 5.13 Å². The quantitative estimate of drug-likeness (QED) is 0.755. The lowest BCUT2D eigenvalue weighted by molar-refractivity contribution is 0.460. The van der Waals surface area contributed by atoms with E-state index in [2.05, 4.69) is 20.7 Å². The molecule has 1 aliphatic heterocycles. The summed E-state index contributed by atoms with van der Waals surface area (Å²) in [5.41, 5.74) is 1.03. The molecule has 1 aromatic carbocycles. The molecule has 0 saturated carbocycles. The third kappa shape index (κ3) is 3.19. The second-order valence-electron chi connectivity index (χ2n) is 5.78. The van der Waals surface area contributed by atoms with Crippen LogP contribution >= 0.6 is 22.7 Å². The molecule has 1 fully saturated rings. The number of aromatic nitrogens is 1. The number of benzene rings is 1. The highest BCUT2D eigenvalue weighted by Crippen LogP contribution is 2.30. The Labute approximate surface area is 149 Å². The number of thiophene rings is 1. The first-order valence-corrected chi connectivity index (χ1v) is 11.0. The van der Waals surface area contributed by atoms with Crippen LogP contribution in [0.3, 0.4) is 0 Å². The molecule has 0 radical (unpaired) electrons. The van der Waals surface area contributed by atoms with Crippen molar-refractivity contribution >= 4 is 48.0 Å². The fraction of sp³-hybridized carbons (Fsp3) is 0.312. The van der Waals surface area contributed by atoms with Crippen LogP contribution in [0.25, 0.3) is 10.2 Å². The summed E-state index contributed by atoms with van der Waals surface area (Å²) >= 11 is 2.94. The van der Waals surface area contributed by atoms with Gasteiger partial charge >= 0.3 is 0 Å². The number of piperidine rings is 1. The van der Waals surface area contributed by atoms with Gasteiger partial charge in [-0.2, -0.15) is 0 Å². The number of para-hydroxylation sites is 1. The Morgan fingerprint density at radius 2 is 1.92 bits per heavy atom. The molecule has 1 saturated heterocycles. The standard InChI is InChI=1S/C16H17N3O2S3/c20-24(21,15-6-3-11-22-15)18-12-7-9-19(10-8-12)16-17-13-4-1-2-5-14(13)23-16/h1-6,11-12,18H,7-10H2. The van der Waals surface area contributed by atoms with E-state index in [0.717, 1.165) is 36.6 Å². The van der Waals surface area contributed by atoms with Crippen LogP contribution in [0.5, 0.6) is 0 Å². The van der Waals surface area contributed by atoms with Crippen molar-refractivity contribution in [1.82, 2.24) is 9.71 Å². The number of fused-ring (bicyclic) bond motifs is 1. The largest absolute Gasteiger partial charge is 0.348 e. The predicted molar refractivity (Wildman–Crippen MR) is 99.5 cm³/mol. The molecular formula is C16H17N3O2S3. The molecule has 0 amide bonds. The highest BCUT2D eigenvalue weighted by Gasteiger charge is 2.26. The van der Waals surface area contributed by atoms with Crippen LogP contribution < -0.4 is 9.62 Å². The molecule has 1 N–H and O–H groups in total. The minimum absolute atomic E-state index is 0.0114. The number of anilines is 1. The van der Waals surface area contributed by atoms with Gasteiger partial charge in [-0.15, -0.1) is 11.3 Å². The van der Waals surface area contributed by atoms with Crippen LogP contribution in [0.15, 0.2) is 46.0 Å². The zero-order valence-corrected chi connectivity index (χ0v) is 15.3. The predicted octanol–water partition coefficient (Wildman–Crippen LogP) is 3.31. The minimum Gasteiger partial charge on any atom is -0.348 e. The van der Waals surface area contributed by atoms with Crippen molar-refractivity contribution in [1.29, 1.82) is 0 Å². The van der Waals surface area contributed by atoms with Crippen molar-refractivity contribution in [2.45, 2.75) is 23.1 Å². The zero-order valence-electron chi connectivity index (χ0n) is 12.9. The Morgan fingerprint density at radius 3 is 2.62 bits per heavy atom. The van der Waals surface area contributed by atoms with E-state index in [9.17, 15) is 8.42 Å². The topological polar surface area (TPSA) is 62.3 Å². The van der Waals surface area contributed by atoms with Crippen LogP contribution in [0.2, 0.25) is 0 Å². The normalized spacial score (nSPS) is 16.8. The molecule has 24 heavy (non-hydrogen) atoms. The van der Waals surface area contributed by atoms with E-state index in [1.807, 2.05) is 18.2 Å². The first-order chi connectivity index (χ1) is 11.6. The molecule has 2 aromatic heterocycles. The third-order valence-electron chi connectivity index (χ3n) is 4.13. The molecule has 126 valence electrons. The third-order valence-corrected chi connectivity index (χ3v) is 8.14. The number of nitrogens with zero attached hydrogens (tertiary/aromatic N) is 2. The van der Waals surface area contributed by atoms with Gasteiger partial charge in [0.2, 0.25) is 10.0 Å². The molecule has 1 aliphatic rings. The molecule has 0 unspecified atom stereocenters. The van der Waals surface area contributed by atoms with Crippen molar-refractivity contribution in [3.05, 3.63) is 41.8 Å². The number of sulfonamides is 1. The lowest BCUT2D eigenvalue weighted by Gasteiger charge is -2.31. The highest BCUT2D eigenvalue weighted by atomic mass is 32.2. The van der Waals surface area contributed by atoms with Crippen LogP contribution in [-0.4, -0.2) is 32.5 Å². The van der Waals surface area contributed by atoms with Gasteiger partial charge < -0.3 is 4.90 Å². The average Bonchev–Trinajstić information content (AvgIpc) is 3.25. The van der Waals surface area contributed by atoms with Crippen molar-refractivity contribution in [2.24, 2.45) is 0 Å². The maximum atomic E-state index is 12.3. The summed E-state index contributed by atoms with van der Waals surface area (Å²) in [6.45, 7) is 1.63. The monoisotopic (exact) mass is 379 g/mol. The van der Waals surface area contributed by atoms with Crippen LogP contribution in [-0.2, 0) is 10.0 Å². The Morgan fingerprint density at radius 1 is 1.12 bits per heavy atom. The smallest absolute Gasteiger partial charge is 0.250 e. The molecule has 8 heteroatoms. The maximum absolute atomic E-state index is 12.3. The SMILES string of the molecule is O=S(=O)(NC1CCN(c2nc3ccccc3s2)CC1)c1cccs1. The van der Waals surface area contributed by atoms with Crippen molar-refractivity contribution < 1.29 is 8.42 Å². The summed E-state index contributed by atoms with van der Waals surface area (Å²) in [5, 5.41) is 2.81. The minimum atomic E-state index is -3.38. The number of rotatable bonds is 4. The Bertz CT molecular complexity index is 894. The van der Waals surface area contributed by atoms with E-state index in [4.69, 9.17) is 0 Å². The van der Waals surface area contributed by atoms with Crippen molar-refractivity contribution in [3.8, 4) is 0 Å². The summed E-state index contributed by atoms with van der Waals surface area (Å²) in [7, 11) is -3.38. The number of hydrogen-bond donors (Lipinski definition) is 1. The van der Waals surface area contributed by atoms with E-state index < -0.39 is 10.0 Å². The number of thiazole rings is 1. The van der Waals surface area contributed by atoms with E-state index in [0.29, 0.717) is 4.21 Å². The first-order valence-electron chi connectivity index (χ1n) is 7.78. The molecule has 4 rings (SSSR count). The average molecular weight is 380 g/mol. The van der Waals surface area contributed by atoms with Gasteiger partial charge in [-0.1, -0.05) is 29.5 Å². The maximum Gasteiger partial charge on any atom is 0.250 e. The fourth-order valence-electron chi connectivity index (χ4n) is 2.88. The lowest BCUT2D eigenvalue weighted by Crippen LogP contribution is -2.44.